The van der Waals surface area contributed by atoms with Crippen LogP contribution >= 0.6 is 11.8 Å². The molecule has 0 aromatic carbocycles. The fraction of sp³-hybridized carbons (Fsp3) is 0.600. The normalized spacial score (nSPS) is 14.7. The van der Waals surface area contributed by atoms with E-state index in [0.29, 0.717) is 29.3 Å². The molecule has 22 heavy (non-hydrogen) atoms. The Hall–Kier alpha value is -1.63. The summed E-state index contributed by atoms with van der Waals surface area (Å²) < 4.78 is 7.40. The minimum absolute atomic E-state index is 0.512. The van der Waals surface area contributed by atoms with E-state index in [0.717, 1.165) is 23.9 Å². The Morgan fingerprint density at radius 3 is 2.91 bits per heavy atom. The number of hydrogen-bond donors (Lipinski definition) is 0. The van der Waals surface area contributed by atoms with Crippen LogP contribution < -0.4 is 0 Å². The minimum Gasteiger partial charge on any atom is -0.339 e. The van der Waals surface area contributed by atoms with E-state index in [1.807, 2.05) is 6.08 Å². The number of nitrogens with zero attached hydrogens (tertiary/aromatic N) is 5. The average molecular weight is 319 g/mol. The van der Waals surface area contributed by atoms with Gasteiger partial charge in [0.05, 0.1) is 5.75 Å². The van der Waals surface area contributed by atoms with Crippen molar-refractivity contribution in [2.24, 2.45) is 5.92 Å². The highest BCUT2D eigenvalue weighted by Gasteiger charge is 2.30. The predicted octanol–water partition coefficient (Wildman–Crippen LogP) is 3.22. The third-order valence-corrected chi connectivity index (χ3v) is 4.39. The molecule has 0 radical (unpaired) electrons. The summed E-state index contributed by atoms with van der Waals surface area (Å²) >= 11 is 1.59. The van der Waals surface area contributed by atoms with Crippen LogP contribution in [0.2, 0.25) is 0 Å². The predicted molar refractivity (Wildman–Crippen MR) is 84.6 cm³/mol. The first-order valence-electron chi connectivity index (χ1n) is 7.65. The van der Waals surface area contributed by atoms with Crippen molar-refractivity contribution in [1.29, 1.82) is 0 Å². The second-order valence-corrected chi connectivity index (χ2v) is 6.95. The number of thioether (sulfide) groups is 1. The largest absolute Gasteiger partial charge is 0.339 e. The van der Waals surface area contributed by atoms with Gasteiger partial charge in [0.1, 0.15) is 5.82 Å². The van der Waals surface area contributed by atoms with Crippen LogP contribution in [-0.2, 0) is 18.7 Å². The van der Waals surface area contributed by atoms with Crippen LogP contribution in [-0.4, -0.2) is 24.9 Å². The van der Waals surface area contributed by atoms with Crippen LogP contribution in [0.25, 0.3) is 0 Å². The highest BCUT2D eigenvalue weighted by molar-refractivity contribution is 7.98. The molecule has 0 atom stereocenters. The first kappa shape index (κ1) is 15.3. The molecule has 0 spiro atoms. The lowest BCUT2D eigenvalue weighted by atomic mass is 10.1. The molecule has 2 aromatic rings. The molecule has 2 aromatic heterocycles. The van der Waals surface area contributed by atoms with Crippen LogP contribution in [0, 0.1) is 5.92 Å². The zero-order valence-corrected chi connectivity index (χ0v) is 13.8. The smallest absolute Gasteiger partial charge is 0.226 e. The van der Waals surface area contributed by atoms with Gasteiger partial charge >= 0.3 is 0 Å². The molecule has 0 bridgehead atoms. The van der Waals surface area contributed by atoms with Gasteiger partial charge in [-0.1, -0.05) is 36.8 Å². The van der Waals surface area contributed by atoms with Crippen molar-refractivity contribution in [2.75, 3.05) is 0 Å². The molecule has 0 saturated heterocycles. The highest BCUT2D eigenvalue weighted by atomic mass is 32.2. The zero-order valence-electron chi connectivity index (χ0n) is 13.0. The number of hydrogen-bond acceptors (Lipinski definition) is 6. The van der Waals surface area contributed by atoms with Gasteiger partial charge in [-0.15, -0.1) is 16.8 Å². The number of rotatable bonds is 8. The Kier molecular flexibility index (Phi) is 4.61. The summed E-state index contributed by atoms with van der Waals surface area (Å²) in [5.74, 6) is 4.22. The lowest BCUT2D eigenvalue weighted by Gasteiger charge is -2.05. The maximum atomic E-state index is 5.26. The second kappa shape index (κ2) is 6.64. The lowest BCUT2D eigenvalue weighted by molar-refractivity contribution is 0.360. The van der Waals surface area contributed by atoms with Crippen LogP contribution in [0.5, 0.6) is 0 Å². The van der Waals surface area contributed by atoms with E-state index in [4.69, 9.17) is 4.52 Å². The fourth-order valence-corrected chi connectivity index (χ4v) is 3.06. The number of aromatic nitrogens is 5. The monoisotopic (exact) mass is 319 g/mol. The lowest BCUT2D eigenvalue weighted by Crippen LogP contribution is -2.03. The summed E-state index contributed by atoms with van der Waals surface area (Å²) in [4.78, 5) is 4.42. The molecule has 7 heteroatoms. The molecule has 1 saturated carbocycles. The standard InChI is InChI=1S/C15H21N5OS/c1-4-7-20-14(11-5-6-11)17-18-15(20)22-9-12-16-13(21-19-12)8-10(2)3/h4,10-11H,1,5-9H2,2-3H3. The second-order valence-electron chi connectivity index (χ2n) is 6.01. The summed E-state index contributed by atoms with van der Waals surface area (Å²) in [5, 5.41) is 13.6. The molecule has 3 rings (SSSR count). The van der Waals surface area contributed by atoms with E-state index < -0.39 is 0 Å². The fourth-order valence-electron chi connectivity index (χ4n) is 2.26. The SMILES string of the molecule is C=CCn1c(SCc2noc(CC(C)C)n2)nnc1C1CC1. The van der Waals surface area contributed by atoms with Crippen LogP contribution in [0.15, 0.2) is 22.3 Å². The molecule has 1 aliphatic carbocycles. The van der Waals surface area contributed by atoms with E-state index in [1.54, 1.807) is 11.8 Å². The molecule has 2 heterocycles. The van der Waals surface area contributed by atoms with Crippen molar-refractivity contribution in [3.63, 3.8) is 0 Å². The van der Waals surface area contributed by atoms with E-state index >= 15 is 0 Å². The highest BCUT2D eigenvalue weighted by Crippen LogP contribution is 2.40. The molecule has 1 fully saturated rings. The molecule has 0 N–H and O–H groups in total. The van der Waals surface area contributed by atoms with Gasteiger partial charge in [0, 0.05) is 18.9 Å². The van der Waals surface area contributed by atoms with Gasteiger partial charge in [0.15, 0.2) is 11.0 Å². The van der Waals surface area contributed by atoms with Gasteiger partial charge < -0.3 is 9.09 Å². The number of allylic oxidation sites excluding steroid dienone is 1. The maximum absolute atomic E-state index is 5.26. The first-order chi connectivity index (χ1) is 10.7. The molecule has 118 valence electrons. The Morgan fingerprint density at radius 2 is 2.23 bits per heavy atom. The minimum atomic E-state index is 0.512. The third-order valence-electron chi connectivity index (χ3n) is 3.42. The molecule has 6 nitrogen and oxygen atoms in total. The van der Waals surface area contributed by atoms with Crippen molar-refractivity contribution in [3.8, 4) is 0 Å². The van der Waals surface area contributed by atoms with Crippen molar-refractivity contribution in [3.05, 3.63) is 30.2 Å². The summed E-state index contributed by atoms with van der Waals surface area (Å²) in [5.41, 5.74) is 0. The van der Waals surface area contributed by atoms with E-state index in [2.05, 4.69) is 45.3 Å². The summed E-state index contributed by atoms with van der Waals surface area (Å²) in [6.07, 6.45) is 5.12. The quantitative estimate of drug-likeness (QED) is 0.549. The molecule has 0 unspecified atom stereocenters. The Balaban J connectivity index is 1.65. The van der Waals surface area contributed by atoms with E-state index in [-0.39, 0.29) is 0 Å². The Morgan fingerprint density at radius 1 is 1.41 bits per heavy atom. The zero-order chi connectivity index (χ0) is 15.5. The van der Waals surface area contributed by atoms with Gasteiger partial charge in [-0.3, -0.25) is 0 Å². The van der Waals surface area contributed by atoms with E-state index in [9.17, 15) is 0 Å². The molecule has 1 aliphatic rings. The van der Waals surface area contributed by atoms with Gasteiger partial charge in [-0.2, -0.15) is 4.98 Å². The third kappa shape index (κ3) is 3.58. The Bertz CT molecular complexity index is 644. The first-order valence-corrected chi connectivity index (χ1v) is 8.64. The summed E-state index contributed by atoms with van der Waals surface area (Å²) in [7, 11) is 0. The van der Waals surface area contributed by atoms with Gasteiger partial charge in [-0.05, 0) is 18.8 Å². The molecular formula is C15H21N5OS. The molecular weight excluding hydrogens is 298 g/mol. The van der Waals surface area contributed by atoms with Crippen LogP contribution in [0.4, 0.5) is 0 Å². The molecule has 0 amide bonds. The van der Waals surface area contributed by atoms with Crippen molar-refractivity contribution in [2.45, 2.75) is 56.5 Å². The van der Waals surface area contributed by atoms with E-state index in [1.165, 1.54) is 12.8 Å². The van der Waals surface area contributed by atoms with Gasteiger partial charge in [0.2, 0.25) is 5.89 Å². The summed E-state index contributed by atoms with van der Waals surface area (Å²) in [6.45, 7) is 8.83. The van der Waals surface area contributed by atoms with Gasteiger partial charge in [0.25, 0.3) is 0 Å². The average Bonchev–Trinajstić information content (AvgIpc) is 3.10. The Labute approximate surface area is 134 Å². The van der Waals surface area contributed by atoms with Crippen molar-refractivity contribution < 1.29 is 4.52 Å². The topological polar surface area (TPSA) is 69.6 Å². The van der Waals surface area contributed by atoms with Crippen LogP contribution in [0.3, 0.4) is 0 Å². The van der Waals surface area contributed by atoms with Gasteiger partial charge in [-0.25, -0.2) is 0 Å². The summed E-state index contributed by atoms with van der Waals surface area (Å²) in [6, 6.07) is 0. The van der Waals surface area contributed by atoms with Crippen molar-refractivity contribution >= 4 is 11.8 Å². The molecule has 0 aliphatic heterocycles. The maximum Gasteiger partial charge on any atom is 0.226 e. The van der Waals surface area contributed by atoms with Crippen LogP contribution in [0.1, 0.15) is 50.1 Å². The van der Waals surface area contributed by atoms with Crippen molar-refractivity contribution in [1.82, 2.24) is 24.9 Å².